The number of carbonyl (C=O) groups excluding carboxylic acids is 1. The molecule has 0 spiro atoms. The lowest BCUT2D eigenvalue weighted by Gasteiger charge is -2.41. The van der Waals surface area contributed by atoms with Crippen molar-refractivity contribution in [1.82, 2.24) is 5.32 Å². The first-order chi connectivity index (χ1) is 10.7. The van der Waals surface area contributed by atoms with Gasteiger partial charge in [0.2, 0.25) is 0 Å². The number of hydrogen-bond donors (Lipinski definition) is 2. The minimum absolute atomic E-state index is 0.262. The molecule has 1 fully saturated rings. The molecule has 126 valence electrons. The van der Waals surface area contributed by atoms with Crippen LogP contribution in [0.3, 0.4) is 0 Å². The molecule has 0 aromatic heterocycles. The Morgan fingerprint density at radius 3 is 2.43 bits per heavy atom. The van der Waals surface area contributed by atoms with Gasteiger partial charge in [0.25, 0.3) is 0 Å². The van der Waals surface area contributed by atoms with Gasteiger partial charge in [0, 0.05) is 5.92 Å². The van der Waals surface area contributed by atoms with E-state index in [0.29, 0.717) is 6.42 Å². The Labute approximate surface area is 137 Å². The Hall–Kier alpha value is -2.04. The minimum atomic E-state index is -1.32. The second-order valence-corrected chi connectivity index (χ2v) is 7.11. The molecule has 2 N–H and O–H groups in total. The van der Waals surface area contributed by atoms with E-state index in [1.807, 2.05) is 30.3 Å². The molecule has 1 aliphatic carbocycles. The van der Waals surface area contributed by atoms with Crippen LogP contribution in [0.25, 0.3) is 0 Å². The van der Waals surface area contributed by atoms with E-state index in [1.165, 1.54) is 0 Å². The fourth-order valence-corrected chi connectivity index (χ4v) is 3.25. The summed E-state index contributed by atoms with van der Waals surface area (Å²) < 4.78 is 5.29. The van der Waals surface area contributed by atoms with Crippen LogP contribution in [-0.4, -0.2) is 28.3 Å². The molecule has 0 heterocycles. The molecule has 0 unspecified atom stereocenters. The summed E-state index contributed by atoms with van der Waals surface area (Å²) in [5.74, 6) is -1.26. The van der Waals surface area contributed by atoms with E-state index in [4.69, 9.17) is 4.74 Å². The van der Waals surface area contributed by atoms with Gasteiger partial charge in [-0.3, -0.25) is 0 Å². The molecule has 2 atom stereocenters. The molecular weight excluding hydrogens is 294 g/mol. The summed E-state index contributed by atoms with van der Waals surface area (Å²) in [5, 5.41) is 12.6. The van der Waals surface area contributed by atoms with Crippen LogP contribution in [0.15, 0.2) is 30.3 Å². The van der Waals surface area contributed by atoms with Crippen LogP contribution in [0.4, 0.5) is 4.79 Å². The quantitative estimate of drug-likeness (QED) is 0.891. The van der Waals surface area contributed by atoms with Crippen molar-refractivity contribution in [2.45, 2.75) is 63.5 Å². The molecule has 0 aliphatic heterocycles. The summed E-state index contributed by atoms with van der Waals surface area (Å²) in [6, 6.07) is 9.53. The van der Waals surface area contributed by atoms with Gasteiger partial charge in [-0.15, -0.1) is 0 Å². The molecular formula is C18H25NO4. The van der Waals surface area contributed by atoms with Crippen molar-refractivity contribution in [2.24, 2.45) is 0 Å². The molecule has 2 rings (SSSR count). The zero-order valence-electron chi connectivity index (χ0n) is 14.0. The minimum Gasteiger partial charge on any atom is -0.479 e. The van der Waals surface area contributed by atoms with Gasteiger partial charge in [0.1, 0.15) is 11.1 Å². The van der Waals surface area contributed by atoms with Crippen LogP contribution in [0.1, 0.15) is 57.9 Å². The fourth-order valence-electron chi connectivity index (χ4n) is 3.25. The van der Waals surface area contributed by atoms with Crippen LogP contribution >= 0.6 is 0 Å². The van der Waals surface area contributed by atoms with E-state index in [0.717, 1.165) is 24.8 Å². The number of ether oxygens (including phenoxy) is 1. The largest absolute Gasteiger partial charge is 0.479 e. The zero-order chi connectivity index (χ0) is 17.1. The molecule has 1 amide bonds. The second kappa shape index (κ2) is 6.60. The molecule has 23 heavy (non-hydrogen) atoms. The standard InChI is InChI=1S/C18H25NO4/c1-17(2,3)23-16(22)19-18(15(20)21)12-8-7-11-14(18)13-9-5-4-6-10-13/h4-6,9-10,14H,7-8,11-12H2,1-3H3,(H,19,22)(H,20,21)/t14-,18+/m0/s1. The maximum Gasteiger partial charge on any atom is 0.408 e. The molecule has 5 heteroatoms. The molecule has 0 radical (unpaired) electrons. The van der Waals surface area contributed by atoms with Crippen molar-refractivity contribution in [2.75, 3.05) is 0 Å². The van der Waals surface area contributed by atoms with E-state index in [-0.39, 0.29) is 5.92 Å². The summed E-state index contributed by atoms with van der Waals surface area (Å²) in [6.45, 7) is 5.28. The third-order valence-electron chi connectivity index (χ3n) is 4.22. The van der Waals surface area contributed by atoms with Gasteiger partial charge in [0.15, 0.2) is 0 Å². The zero-order valence-corrected chi connectivity index (χ0v) is 14.0. The number of aliphatic carboxylic acids is 1. The SMILES string of the molecule is CC(C)(C)OC(=O)N[C@]1(C(=O)O)CCCC[C@H]1c1ccccc1. The lowest BCUT2D eigenvalue weighted by Crippen LogP contribution is -2.60. The second-order valence-electron chi connectivity index (χ2n) is 7.11. The Morgan fingerprint density at radius 2 is 1.87 bits per heavy atom. The number of carboxylic acids is 1. The fraction of sp³-hybridized carbons (Fsp3) is 0.556. The molecule has 5 nitrogen and oxygen atoms in total. The molecule has 1 aromatic carbocycles. The first-order valence-corrected chi connectivity index (χ1v) is 8.04. The van der Waals surface area contributed by atoms with E-state index in [1.54, 1.807) is 20.8 Å². The van der Waals surface area contributed by atoms with Crippen molar-refractivity contribution in [3.63, 3.8) is 0 Å². The van der Waals surface area contributed by atoms with E-state index < -0.39 is 23.2 Å². The summed E-state index contributed by atoms with van der Waals surface area (Å²) >= 11 is 0. The van der Waals surface area contributed by atoms with Crippen molar-refractivity contribution in [1.29, 1.82) is 0 Å². The molecule has 1 aliphatic rings. The van der Waals surface area contributed by atoms with Crippen LogP contribution < -0.4 is 5.32 Å². The van der Waals surface area contributed by atoms with Crippen LogP contribution in [0.2, 0.25) is 0 Å². The van der Waals surface area contributed by atoms with Gasteiger partial charge >= 0.3 is 12.1 Å². The monoisotopic (exact) mass is 319 g/mol. The molecule has 0 bridgehead atoms. The smallest absolute Gasteiger partial charge is 0.408 e. The number of carboxylic acid groups (broad SMARTS) is 1. The lowest BCUT2D eigenvalue weighted by molar-refractivity contribution is -0.147. The Morgan fingerprint density at radius 1 is 1.22 bits per heavy atom. The third kappa shape index (κ3) is 4.03. The van der Waals surface area contributed by atoms with Gasteiger partial charge in [-0.1, -0.05) is 43.2 Å². The highest BCUT2D eigenvalue weighted by Gasteiger charge is 2.49. The maximum absolute atomic E-state index is 12.2. The van der Waals surface area contributed by atoms with Gasteiger partial charge in [-0.25, -0.2) is 9.59 Å². The normalized spacial score (nSPS) is 24.7. The average molecular weight is 319 g/mol. The van der Waals surface area contributed by atoms with Crippen LogP contribution in [0, 0.1) is 0 Å². The van der Waals surface area contributed by atoms with Crippen molar-refractivity contribution >= 4 is 12.1 Å². The predicted octanol–water partition coefficient (Wildman–Crippen LogP) is 3.69. The maximum atomic E-state index is 12.2. The van der Waals surface area contributed by atoms with E-state index in [9.17, 15) is 14.7 Å². The summed E-state index contributed by atoms with van der Waals surface area (Å²) in [4.78, 5) is 24.3. The highest BCUT2D eigenvalue weighted by molar-refractivity contribution is 5.86. The highest BCUT2D eigenvalue weighted by Crippen LogP contribution is 2.41. The highest BCUT2D eigenvalue weighted by atomic mass is 16.6. The van der Waals surface area contributed by atoms with E-state index in [2.05, 4.69) is 5.32 Å². The first-order valence-electron chi connectivity index (χ1n) is 8.04. The van der Waals surface area contributed by atoms with Gasteiger partial charge in [0.05, 0.1) is 0 Å². The van der Waals surface area contributed by atoms with Gasteiger partial charge < -0.3 is 15.2 Å². The topological polar surface area (TPSA) is 75.6 Å². The number of alkyl carbamates (subject to hydrolysis) is 1. The Kier molecular flexibility index (Phi) is 4.97. The summed E-state index contributed by atoms with van der Waals surface area (Å²) in [7, 11) is 0. The summed E-state index contributed by atoms with van der Waals surface area (Å²) in [5.41, 5.74) is -1.05. The van der Waals surface area contributed by atoms with Crippen molar-refractivity contribution in [3.05, 3.63) is 35.9 Å². The van der Waals surface area contributed by atoms with Crippen LogP contribution in [-0.2, 0) is 9.53 Å². The number of nitrogens with one attached hydrogen (secondary N) is 1. The van der Waals surface area contributed by atoms with Crippen molar-refractivity contribution < 1.29 is 19.4 Å². The predicted molar refractivity (Wildman–Crippen MR) is 87.4 cm³/mol. The first kappa shape index (κ1) is 17.3. The number of hydrogen-bond acceptors (Lipinski definition) is 3. The lowest BCUT2D eigenvalue weighted by atomic mass is 9.69. The molecule has 0 saturated heterocycles. The van der Waals surface area contributed by atoms with Crippen LogP contribution in [0.5, 0.6) is 0 Å². The average Bonchev–Trinajstić information content (AvgIpc) is 2.46. The number of rotatable bonds is 3. The number of carbonyl (C=O) groups is 2. The number of benzene rings is 1. The summed E-state index contributed by atoms with van der Waals surface area (Å²) in [6.07, 6.45) is 2.17. The molecule has 1 aromatic rings. The molecule has 1 saturated carbocycles. The van der Waals surface area contributed by atoms with Gasteiger partial charge in [-0.2, -0.15) is 0 Å². The Balaban J connectivity index is 2.32. The Bertz CT molecular complexity index is 564. The van der Waals surface area contributed by atoms with Crippen molar-refractivity contribution in [3.8, 4) is 0 Å². The van der Waals surface area contributed by atoms with Gasteiger partial charge in [-0.05, 0) is 39.2 Å². The number of amides is 1. The third-order valence-corrected chi connectivity index (χ3v) is 4.22. The van der Waals surface area contributed by atoms with E-state index >= 15 is 0 Å².